The molecule has 4 nitrogen and oxygen atoms in total. The van der Waals surface area contributed by atoms with Crippen molar-refractivity contribution in [3.63, 3.8) is 0 Å². The third-order valence-corrected chi connectivity index (χ3v) is 3.36. The van der Waals surface area contributed by atoms with Crippen LogP contribution in [0.2, 0.25) is 0 Å². The fraction of sp³-hybridized carbons (Fsp3) is 0.857. The van der Waals surface area contributed by atoms with Gasteiger partial charge in [-0.25, -0.2) is 4.68 Å². The highest BCUT2D eigenvalue weighted by Crippen LogP contribution is 2.23. The standard InChI is InChI=1S/C14H28N4/c1-7-8-18-13(10-16-17-18)12(3)11(2)9-15-14(4,5)6/h10-12,15H,7-9H2,1-6H3. The summed E-state index contributed by atoms with van der Waals surface area (Å²) in [4.78, 5) is 0. The predicted molar refractivity (Wildman–Crippen MR) is 75.6 cm³/mol. The van der Waals surface area contributed by atoms with Crippen LogP contribution in [-0.4, -0.2) is 27.1 Å². The van der Waals surface area contributed by atoms with Gasteiger partial charge in [-0.1, -0.05) is 26.0 Å². The van der Waals surface area contributed by atoms with E-state index in [0.29, 0.717) is 11.8 Å². The quantitative estimate of drug-likeness (QED) is 0.846. The van der Waals surface area contributed by atoms with E-state index in [1.807, 2.05) is 10.9 Å². The van der Waals surface area contributed by atoms with Gasteiger partial charge in [-0.2, -0.15) is 0 Å². The molecule has 0 radical (unpaired) electrons. The minimum absolute atomic E-state index is 0.176. The molecule has 1 rings (SSSR count). The Labute approximate surface area is 111 Å². The Hall–Kier alpha value is -0.900. The van der Waals surface area contributed by atoms with Gasteiger partial charge in [0.05, 0.1) is 11.9 Å². The van der Waals surface area contributed by atoms with Gasteiger partial charge in [0, 0.05) is 18.0 Å². The third-order valence-electron chi connectivity index (χ3n) is 3.36. The fourth-order valence-electron chi connectivity index (χ4n) is 1.94. The van der Waals surface area contributed by atoms with Crippen molar-refractivity contribution in [3.05, 3.63) is 11.9 Å². The molecule has 1 heterocycles. The molecule has 0 fully saturated rings. The molecule has 0 saturated heterocycles. The number of aromatic nitrogens is 3. The summed E-state index contributed by atoms with van der Waals surface area (Å²) in [5.41, 5.74) is 1.43. The average molecular weight is 252 g/mol. The molecule has 1 aromatic heterocycles. The van der Waals surface area contributed by atoms with Crippen LogP contribution in [0, 0.1) is 5.92 Å². The second-order valence-electron chi connectivity index (χ2n) is 6.28. The highest BCUT2D eigenvalue weighted by molar-refractivity contribution is 5.03. The van der Waals surface area contributed by atoms with Gasteiger partial charge in [0.2, 0.25) is 0 Å². The SMILES string of the molecule is CCCn1nncc1C(C)C(C)CNC(C)(C)C. The minimum Gasteiger partial charge on any atom is -0.312 e. The predicted octanol–water partition coefficient (Wildman–Crippen LogP) is 2.82. The van der Waals surface area contributed by atoms with Crippen LogP contribution in [0.15, 0.2) is 6.20 Å². The smallest absolute Gasteiger partial charge is 0.0728 e. The van der Waals surface area contributed by atoms with E-state index in [4.69, 9.17) is 0 Å². The Kier molecular flexibility index (Phi) is 5.32. The van der Waals surface area contributed by atoms with E-state index < -0.39 is 0 Å². The van der Waals surface area contributed by atoms with E-state index >= 15 is 0 Å². The highest BCUT2D eigenvalue weighted by Gasteiger charge is 2.20. The lowest BCUT2D eigenvalue weighted by Crippen LogP contribution is -2.39. The number of hydrogen-bond donors (Lipinski definition) is 1. The number of hydrogen-bond acceptors (Lipinski definition) is 3. The Morgan fingerprint density at radius 2 is 2.00 bits per heavy atom. The fourth-order valence-corrected chi connectivity index (χ4v) is 1.94. The van der Waals surface area contributed by atoms with Crippen LogP contribution in [0.25, 0.3) is 0 Å². The maximum atomic E-state index is 4.16. The van der Waals surface area contributed by atoms with Crippen LogP contribution in [0.3, 0.4) is 0 Å². The molecular formula is C14H28N4. The lowest BCUT2D eigenvalue weighted by molar-refractivity contribution is 0.350. The van der Waals surface area contributed by atoms with Gasteiger partial charge in [0.25, 0.3) is 0 Å². The molecule has 0 aliphatic heterocycles. The zero-order valence-corrected chi connectivity index (χ0v) is 12.7. The van der Waals surface area contributed by atoms with Crippen molar-refractivity contribution in [1.82, 2.24) is 20.3 Å². The summed E-state index contributed by atoms with van der Waals surface area (Å²) in [6.45, 7) is 15.3. The molecule has 104 valence electrons. The van der Waals surface area contributed by atoms with Crippen molar-refractivity contribution in [1.29, 1.82) is 0 Å². The molecule has 0 aliphatic rings. The van der Waals surface area contributed by atoms with E-state index in [0.717, 1.165) is 19.5 Å². The molecule has 2 atom stereocenters. The topological polar surface area (TPSA) is 42.7 Å². The Bertz CT molecular complexity index is 351. The number of aryl methyl sites for hydroxylation is 1. The molecule has 0 spiro atoms. The van der Waals surface area contributed by atoms with Gasteiger partial charge in [0.15, 0.2) is 0 Å². The highest BCUT2D eigenvalue weighted by atomic mass is 15.4. The molecule has 0 aliphatic carbocycles. The normalized spacial score (nSPS) is 15.7. The van der Waals surface area contributed by atoms with Gasteiger partial charge >= 0.3 is 0 Å². The molecule has 4 heteroatoms. The molecule has 0 amide bonds. The molecule has 18 heavy (non-hydrogen) atoms. The zero-order valence-electron chi connectivity index (χ0n) is 12.7. The number of nitrogens with one attached hydrogen (secondary N) is 1. The summed E-state index contributed by atoms with van der Waals surface area (Å²) in [5.74, 6) is 1.04. The maximum absolute atomic E-state index is 4.16. The number of rotatable bonds is 6. The zero-order chi connectivity index (χ0) is 13.8. The van der Waals surface area contributed by atoms with Gasteiger partial charge < -0.3 is 5.32 Å². The van der Waals surface area contributed by atoms with Crippen molar-refractivity contribution < 1.29 is 0 Å². The lowest BCUT2D eigenvalue weighted by atomic mass is 9.92. The first-order chi connectivity index (χ1) is 8.35. The maximum Gasteiger partial charge on any atom is 0.0728 e. The number of nitrogens with zero attached hydrogens (tertiary/aromatic N) is 3. The van der Waals surface area contributed by atoms with Crippen LogP contribution in [0.5, 0.6) is 0 Å². The van der Waals surface area contributed by atoms with Crippen molar-refractivity contribution in [3.8, 4) is 0 Å². The second kappa shape index (κ2) is 6.32. The van der Waals surface area contributed by atoms with Crippen LogP contribution in [0.1, 0.15) is 59.6 Å². The lowest BCUT2D eigenvalue weighted by Gasteiger charge is -2.26. The summed E-state index contributed by atoms with van der Waals surface area (Å²) >= 11 is 0. The van der Waals surface area contributed by atoms with E-state index in [9.17, 15) is 0 Å². The van der Waals surface area contributed by atoms with Crippen molar-refractivity contribution in [2.45, 2.75) is 66.0 Å². The van der Waals surface area contributed by atoms with Gasteiger partial charge in [0.1, 0.15) is 0 Å². The van der Waals surface area contributed by atoms with Crippen LogP contribution < -0.4 is 5.32 Å². The van der Waals surface area contributed by atoms with E-state index in [2.05, 4.69) is 57.2 Å². The van der Waals surface area contributed by atoms with E-state index in [1.54, 1.807) is 0 Å². The summed E-state index contributed by atoms with van der Waals surface area (Å²) in [6, 6.07) is 0. The summed E-state index contributed by atoms with van der Waals surface area (Å²) < 4.78 is 2.04. The molecule has 2 unspecified atom stereocenters. The molecule has 0 aromatic carbocycles. The van der Waals surface area contributed by atoms with E-state index in [-0.39, 0.29) is 5.54 Å². The molecule has 1 N–H and O–H groups in total. The molecular weight excluding hydrogens is 224 g/mol. The molecule has 0 bridgehead atoms. The van der Waals surface area contributed by atoms with Gasteiger partial charge in [-0.15, -0.1) is 5.10 Å². The van der Waals surface area contributed by atoms with Gasteiger partial charge in [-0.3, -0.25) is 0 Å². The molecule has 0 saturated carbocycles. The average Bonchev–Trinajstić information content (AvgIpc) is 2.72. The largest absolute Gasteiger partial charge is 0.312 e. The first kappa shape index (κ1) is 15.2. The summed E-state index contributed by atoms with van der Waals surface area (Å²) in [5, 5.41) is 11.8. The van der Waals surface area contributed by atoms with Crippen LogP contribution in [0.4, 0.5) is 0 Å². The first-order valence-electron chi connectivity index (χ1n) is 6.98. The summed E-state index contributed by atoms with van der Waals surface area (Å²) in [6.07, 6.45) is 3.01. The monoisotopic (exact) mass is 252 g/mol. The van der Waals surface area contributed by atoms with Crippen LogP contribution >= 0.6 is 0 Å². The van der Waals surface area contributed by atoms with E-state index in [1.165, 1.54) is 5.69 Å². The summed E-state index contributed by atoms with van der Waals surface area (Å²) in [7, 11) is 0. The Morgan fingerprint density at radius 3 is 2.56 bits per heavy atom. The third kappa shape index (κ3) is 4.41. The Morgan fingerprint density at radius 1 is 1.33 bits per heavy atom. The first-order valence-corrected chi connectivity index (χ1v) is 6.98. The molecule has 1 aromatic rings. The van der Waals surface area contributed by atoms with Crippen molar-refractivity contribution in [2.75, 3.05) is 6.54 Å². The minimum atomic E-state index is 0.176. The van der Waals surface area contributed by atoms with Crippen LogP contribution in [-0.2, 0) is 6.54 Å². The van der Waals surface area contributed by atoms with Crippen molar-refractivity contribution in [2.24, 2.45) is 5.92 Å². The second-order valence-corrected chi connectivity index (χ2v) is 6.28. The van der Waals surface area contributed by atoms with Gasteiger partial charge in [-0.05, 0) is 39.7 Å². The Balaban J connectivity index is 2.62. The van der Waals surface area contributed by atoms with Crippen molar-refractivity contribution >= 4 is 0 Å².